The van der Waals surface area contributed by atoms with Crippen LogP contribution < -0.4 is 4.72 Å². The van der Waals surface area contributed by atoms with E-state index < -0.39 is 44.7 Å². The van der Waals surface area contributed by atoms with E-state index in [4.69, 9.17) is 0 Å². The van der Waals surface area contributed by atoms with Crippen molar-refractivity contribution < 1.29 is 21.8 Å². The Bertz CT molecular complexity index is 1310. The molecule has 2 aromatic carbocycles. The predicted molar refractivity (Wildman–Crippen MR) is 113 cm³/mol. The second-order valence-electron chi connectivity index (χ2n) is 6.71. The predicted octanol–water partition coefficient (Wildman–Crippen LogP) is 5.32. The number of nitrogens with one attached hydrogen (secondary N) is 1. The molecule has 0 radical (unpaired) electrons. The zero-order chi connectivity index (χ0) is 22.8. The van der Waals surface area contributed by atoms with Gasteiger partial charge in [0.2, 0.25) is 0 Å². The zero-order valence-corrected chi connectivity index (χ0v) is 17.5. The summed E-state index contributed by atoms with van der Waals surface area (Å²) in [7, 11) is -2.34. The SMILES string of the molecule is CCn1cc(-c2ccncc2)c(-c2c(F)ccc(NS(=O)c3cc(F)ccc3F)c2F)n1. The monoisotopic (exact) mass is 460 g/mol. The highest BCUT2D eigenvalue weighted by Gasteiger charge is 2.23. The van der Waals surface area contributed by atoms with Crippen molar-refractivity contribution in [1.82, 2.24) is 14.8 Å². The molecule has 0 fully saturated rings. The molecule has 2 heterocycles. The summed E-state index contributed by atoms with van der Waals surface area (Å²) in [5.74, 6) is -3.68. The van der Waals surface area contributed by atoms with Crippen molar-refractivity contribution in [1.29, 1.82) is 0 Å². The number of aromatic nitrogens is 3. The second kappa shape index (κ2) is 8.91. The molecule has 0 bridgehead atoms. The van der Waals surface area contributed by atoms with Crippen LogP contribution in [0, 0.1) is 23.3 Å². The topological polar surface area (TPSA) is 59.8 Å². The second-order valence-corrected chi connectivity index (χ2v) is 7.89. The van der Waals surface area contributed by atoms with Crippen molar-refractivity contribution in [3.8, 4) is 22.4 Å². The fraction of sp³-hybridized carbons (Fsp3) is 0.0909. The first-order chi connectivity index (χ1) is 15.4. The molecule has 4 aromatic rings. The lowest BCUT2D eigenvalue weighted by molar-refractivity contribution is 0.572. The van der Waals surface area contributed by atoms with E-state index in [1.165, 1.54) is 4.68 Å². The average molecular weight is 460 g/mol. The van der Waals surface area contributed by atoms with Gasteiger partial charge in [-0.1, -0.05) is 0 Å². The number of nitrogens with zero attached hydrogens (tertiary/aromatic N) is 3. The highest BCUT2D eigenvalue weighted by atomic mass is 32.2. The highest BCUT2D eigenvalue weighted by Crippen LogP contribution is 2.36. The molecule has 32 heavy (non-hydrogen) atoms. The Morgan fingerprint density at radius 1 is 1.00 bits per heavy atom. The third-order valence-electron chi connectivity index (χ3n) is 4.70. The van der Waals surface area contributed by atoms with Gasteiger partial charge in [-0.15, -0.1) is 0 Å². The zero-order valence-electron chi connectivity index (χ0n) is 16.7. The maximum Gasteiger partial charge on any atom is 0.159 e. The van der Waals surface area contributed by atoms with E-state index in [0.717, 1.165) is 30.3 Å². The van der Waals surface area contributed by atoms with Crippen LogP contribution in [0.5, 0.6) is 0 Å². The summed E-state index contributed by atoms with van der Waals surface area (Å²) < 4.78 is 73.9. The Morgan fingerprint density at radius 3 is 2.44 bits per heavy atom. The Kier molecular flexibility index (Phi) is 6.04. The van der Waals surface area contributed by atoms with Gasteiger partial charge in [0.05, 0.1) is 16.1 Å². The fourth-order valence-electron chi connectivity index (χ4n) is 3.13. The minimum Gasteiger partial charge on any atom is -0.298 e. The average Bonchev–Trinajstić information content (AvgIpc) is 3.22. The van der Waals surface area contributed by atoms with E-state index >= 15 is 4.39 Å². The van der Waals surface area contributed by atoms with Crippen LogP contribution in [0.3, 0.4) is 0 Å². The molecule has 0 spiro atoms. The quantitative estimate of drug-likeness (QED) is 0.396. The Labute approximate surface area is 183 Å². The molecule has 0 saturated carbocycles. The van der Waals surface area contributed by atoms with Gasteiger partial charge in [-0.05, 0) is 55.0 Å². The van der Waals surface area contributed by atoms with Gasteiger partial charge in [0.1, 0.15) is 23.1 Å². The number of benzene rings is 2. The third-order valence-corrected chi connectivity index (χ3v) is 5.82. The number of rotatable bonds is 6. The molecule has 0 aliphatic rings. The van der Waals surface area contributed by atoms with Gasteiger partial charge in [0.25, 0.3) is 0 Å². The molecule has 2 aromatic heterocycles. The lowest BCUT2D eigenvalue weighted by atomic mass is 10.0. The molecule has 10 heteroatoms. The highest BCUT2D eigenvalue weighted by molar-refractivity contribution is 7.86. The first-order valence-corrected chi connectivity index (χ1v) is 10.6. The van der Waals surface area contributed by atoms with Gasteiger partial charge in [-0.2, -0.15) is 5.10 Å². The van der Waals surface area contributed by atoms with E-state index in [1.807, 2.05) is 6.92 Å². The molecular formula is C22H16F4N4OS. The van der Waals surface area contributed by atoms with Crippen LogP contribution in [0.4, 0.5) is 23.2 Å². The normalized spacial score (nSPS) is 12.0. The third kappa shape index (κ3) is 4.13. The van der Waals surface area contributed by atoms with E-state index in [0.29, 0.717) is 17.7 Å². The molecule has 0 aliphatic carbocycles. The van der Waals surface area contributed by atoms with Crippen LogP contribution >= 0.6 is 0 Å². The molecular weight excluding hydrogens is 444 g/mol. The van der Waals surface area contributed by atoms with Crippen molar-refractivity contribution in [2.45, 2.75) is 18.4 Å². The number of hydrogen-bond donors (Lipinski definition) is 1. The van der Waals surface area contributed by atoms with E-state index in [2.05, 4.69) is 14.8 Å². The Balaban J connectivity index is 1.80. The van der Waals surface area contributed by atoms with Crippen LogP contribution in [-0.2, 0) is 17.5 Å². The first kappa shape index (κ1) is 21.7. The summed E-state index contributed by atoms with van der Waals surface area (Å²) in [6.07, 6.45) is 4.75. The molecule has 1 unspecified atom stereocenters. The molecule has 0 saturated heterocycles. The lowest BCUT2D eigenvalue weighted by Crippen LogP contribution is -2.09. The van der Waals surface area contributed by atoms with Crippen molar-refractivity contribution in [3.63, 3.8) is 0 Å². The molecule has 0 aliphatic heterocycles. The number of pyridine rings is 1. The van der Waals surface area contributed by atoms with Crippen LogP contribution in [0.15, 0.2) is 66.0 Å². The largest absolute Gasteiger partial charge is 0.298 e. The lowest BCUT2D eigenvalue weighted by Gasteiger charge is -2.12. The van der Waals surface area contributed by atoms with Crippen molar-refractivity contribution >= 4 is 16.7 Å². The maximum atomic E-state index is 15.4. The smallest absolute Gasteiger partial charge is 0.159 e. The summed E-state index contributed by atoms with van der Waals surface area (Å²) in [6, 6.07) is 7.81. The Morgan fingerprint density at radius 2 is 1.72 bits per heavy atom. The fourth-order valence-corrected chi connectivity index (χ4v) is 4.07. The summed E-state index contributed by atoms with van der Waals surface area (Å²) in [4.78, 5) is 3.45. The molecule has 4 rings (SSSR count). The summed E-state index contributed by atoms with van der Waals surface area (Å²) in [6.45, 7) is 2.29. The van der Waals surface area contributed by atoms with Gasteiger partial charge in [0.15, 0.2) is 16.8 Å². The molecule has 1 atom stereocenters. The number of halogens is 4. The summed E-state index contributed by atoms with van der Waals surface area (Å²) in [5, 5.41) is 4.30. The van der Waals surface area contributed by atoms with Crippen LogP contribution in [0.25, 0.3) is 22.4 Å². The van der Waals surface area contributed by atoms with Gasteiger partial charge >= 0.3 is 0 Å². The van der Waals surface area contributed by atoms with Crippen LogP contribution in [0.1, 0.15) is 6.92 Å². The first-order valence-electron chi connectivity index (χ1n) is 9.48. The van der Waals surface area contributed by atoms with Crippen molar-refractivity contribution in [2.24, 2.45) is 0 Å². The number of hydrogen-bond acceptors (Lipinski definition) is 3. The van der Waals surface area contributed by atoms with Gasteiger partial charge in [0, 0.05) is 30.7 Å². The van der Waals surface area contributed by atoms with Gasteiger partial charge in [-0.25, -0.2) is 21.8 Å². The summed E-state index contributed by atoms with van der Waals surface area (Å²) in [5.41, 5.74) is 0.374. The number of aryl methyl sites for hydroxylation is 1. The minimum atomic E-state index is -2.34. The van der Waals surface area contributed by atoms with Gasteiger partial charge in [-0.3, -0.25) is 14.4 Å². The van der Waals surface area contributed by atoms with E-state index in [-0.39, 0.29) is 11.4 Å². The van der Waals surface area contributed by atoms with Crippen LogP contribution in [0.2, 0.25) is 0 Å². The minimum absolute atomic E-state index is 0.0411. The maximum absolute atomic E-state index is 15.4. The standard InChI is InChI=1S/C22H16F4N4OS/c1-2-30-12-15(13-7-9-27-10-8-13)22(28-30)20-17(25)5-6-18(21(20)26)29-32(31)19-11-14(23)3-4-16(19)24/h3-12,29H,2H2,1H3. The Hall–Kier alpha value is -3.53. The van der Waals surface area contributed by atoms with Crippen molar-refractivity contribution in [3.05, 3.63) is 84.3 Å². The van der Waals surface area contributed by atoms with E-state index in [9.17, 15) is 17.4 Å². The molecule has 5 nitrogen and oxygen atoms in total. The van der Waals surface area contributed by atoms with Gasteiger partial charge < -0.3 is 0 Å². The number of anilines is 1. The molecule has 1 N–H and O–H groups in total. The van der Waals surface area contributed by atoms with Crippen molar-refractivity contribution in [2.75, 3.05) is 4.72 Å². The van der Waals surface area contributed by atoms with Crippen LogP contribution in [-0.4, -0.2) is 19.0 Å². The summed E-state index contributed by atoms with van der Waals surface area (Å²) >= 11 is 0. The van der Waals surface area contributed by atoms with E-state index in [1.54, 1.807) is 30.7 Å². The molecule has 0 amide bonds. The molecule has 164 valence electrons.